The van der Waals surface area contributed by atoms with Crippen molar-refractivity contribution >= 4 is 12.0 Å². The van der Waals surface area contributed by atoms with Crippen LogP contribution in [0.25, 0.3) is 0 Å². The maximum absolute atomic E-state index is 13.3. The van der Waals surface area contributed by atoms with Crippen molar-refractivity contribution in [2.45, 2.75) is 64.6 Å². The number of amides is 2. The monoisotopic (exact) mass is 432 g/mol. The molecule has 5 nitrogen and oxygen atoms in total. The quantitative estimate of drug-likeness (QED) is 0.675. The zero-order chi connectivity index (χ0) is 23.2. The van der Waals surface area contributed by atoms with E-state index in [0.717, 1.165) is 11.1 Å². The zero-order valence-corrected chi connectivity index (χ0v) is 18.6. The van der Waals surface area contributed by atoms with E-state index in [1.807, 2.05) is 6.92 Å². The molecule has 0 radical (unpaired) electrons. The normalized spacial score (nSPS) is 12.7. The number of carbonyl (C=O) groups is 2. The van der Waals surface area contributed by atoms with Crippen LogP contribution in [0.1, 0.15) is 45.7 Å². The third-order valence-electron chi connectivity index (χ3n) is 4.57. The van der Waals surface area contributed by atoms with Crippen LogP contribution in [0, 0.1) is 11.6 Å². The average Bonchev–Trinajstić information content (AvgIpc) is 2.63. The summed E-state index contributed by atoms with van der Waals surface area (Å²) in [5.41, 5.74) is 0.217. The molecule has 7 heteroatoms. The minimum atomic E-state index is -0.837. The van der Waals surface area contributed by atoms with Crippen LogP contribution in [-0.4, -0.2) is 29.2 Å². The van der Waals surface area contributed by atoms with E-state index in [9.17, 15) is 18.4 Å². The molecule has 0 fully saturated rings. The number of nitrogens with one attached hydrogen (secondary N) is 2. The van der Waals surface area contributed by atoms with Crippen molar-refractivity contribution in [2.75, 3.05) is 0 Å². The Bertz CT molecular complexity index is 843. The van der Waals surface area contributed by atoms with E-state index in [1.54, 1.807) is 52.0 Å². The number of rotatable bonds is 7. The first-order valence-electron chi connectivity index (χ1n) is 10.2. The Morgan fingerprint density at radius 2 is 1.29 bits per heavy atom. The molecule has 0 spiro atoms. The topological polar surface area (TPSA) is 67.4 Å². The molecule has 2 rings (SSSR count). The lowest BCUT2D eigenvalue weighted by atomic mass is 9.86. The highest BCUT2D eigenvalue weighted by Gasteiger charge is 2.30. The average molecular weight is 433 g/mol. The third-order valence-corrected chi connectivity index (χ3v) is 4.57. The summed E-state index contributed by atoms with van der Waals surface area (Å²) in [5.74, 6) is -1.08. The van der Waals surface area contributed by atoms with E-state index in [2.05, 4.69) is 10.6 Å². The van der Waals surface area contributed by atoms with Gasteiger partial charge in [-0.25, -0.2) is 13.6 Å². The van der Waals surface area contributed by atoms with Gasteiger partial charge in [0, 0.05) is 5.54 Å². The van der Waals surface area contributed by atoms with Gasteiger partial charge in [-0.3, -0.25) is 4.79 Å². The summed E-state index contributed by atoms with van der Waals surface area (Å²) in [4.78, 5) is 24.8. The van der Waals surface area contributed by atoms with Gasteiger partial charge in [0.05, 0.1) is 0 Å². The van der Waals surface area contributed by atoms with Crippen LogP contribution in [0.4, 0.5) is 13.6 Å². The number of hydrogen-bond acceptors (Lipinski definition) is 3. The number of ether oxygens (including phenoxy) is 1. The predicted molar refractivity (Wildman–Crippen MR) is 116 cm³/mol. The van der Waals surface area contributed by atoms with E-state index in [4.69, 9.17) is 4.74 Å². The second-order valence-corrected chi connectivity index (χ2v) is 9.02. The van der Waals surface area contributed by atoms with Crippen LogP contribution in [0.3, 0.4) is 0 Å². The van der Waals surface area contributed by atoms with Crippen LogP contribution in [-0.2, 0) is 22.4 Å². The molecule has 0 heterocycles. The van der Waals surface area contributed by atoms with Crippen LogP contribution < -0.4 is 10.6 Å². The van der Waals surface area contributed by atoms with Crippen molar-refractivity contribution in [1.82, 2.24) is 10.6 Å². The number of benzene rings is 2. The van der Waals surface area contributed by atoms with Crippen LogP contribution >= 0.6 is 0 Å². The molecular weight excluding hydrogens is 402 g/mol. The fourth-order valence-corrected chi connectivity index (χ4v) is 3.21. The zero-order valence-electron chi connectivity index (χ0n) is 18.6. The predicted octanol–water partition coefficient (Wildman–Crippen LogP) is 4.54. The molecule has 2 N–H and O–H groups in total. The van der Waals surface area contributed by atoms with Gasteiger partial charge in [-0.2, -0.15) is 0 Å². The molecule has 168 valence electrons. The van der Waals surface area contributed by atoms with Crippen molar-refractivity contribution in [3.63, 3.8) is 0 Å². The Morgan fingerprint density at radius 3 is 1.68 bits per heavy atom. The van der Waals surface area contributed by atoms with Crippen molar-refractivity contribution < 1.29 is 23.1 Å². The summed E-state index contributed by atoms with van der Waals surface area (Å²) in [7, 11) is 0. The Morgan fingerprint density at radius 1 is 0.871 bits per heavy atom. The maximum Gasteiger partial charge on any atom is 0.408 e. The summed E-state index contributed by atoms with van der Waals surface area (Å²) < 4.78 is 31.8. The second kappa shape index (κ2) is 9.90. The smallest absolute Gasteiger partial charge is 0.408 e. The molecule has 1 atom stereocenters. The molecular formula is C24H30F2N2O3. The first-order valence-corrected chi connectivity index (χ1v) is 10.2. The SMILES string of the molecule is C[C@@H](NC(=O)OC(C)(C)C)C(=O)NC(C)(Cc1ccc(F)cc1)Cc1ccc(F)cc1. The van der Waals surface area contributed by atoms with Gasteiger partial charge in [-0.15, -0.1) is 0 Å². The Balaban J connectivity index is 2.16. The molecule has 0 aliphatic carbocycles. The molecule has 0 unspecified atom stereocenters. The second-order valence-electron chi connectivity index (χ2n) is 9.02. The van der Waals surface area contributed by atoms with Crippen LogP contribution in [0.15, 0.2) is 48.5 Å². The molecule has 0 bridgehead atoms. The van der Waals surface area contributed by atoms with Crippen molar-refractivity contribution in [1.29, 1.82) is 0 Å². The Kier molecular flexibility index (Phi) is 7.76. The minimum Gasteiger partial charge on any atom is -0.444 e. The number of alkyl carbamates (subject to hydrolysis) is 1. The largest absolute Gasteiger partial charge is 0.444 e. The minimum absolute atomic E-state index is 0.344. The molecule has 31 heavy (non-hydrogen) atoms. The highest BCUT2D eigenvalue weighted by atomic mass is 19.1. The lowest BCUT2D eigenvalue weighted by Crippen LogP contribution is -2.55. The highest BCUT2D eigenvalue weighted by Crippen LogP contribution is 2.20. The molecule has 0 aliphatic rings. The summed E-state index contributed by atoms with van der Waals surface area (Å²) in [5, 5.41) is 5.52. The van der Waals surface area contributed by atoms with Crippen LogP contribution in [0.2, 0.25) is 0 Å². The number of hydrogen-bond donors (Lipinski definition) is 2. The van der Waals surface area contributed by atoms with E-state index in [1.165, 1.54) is 24.3 Å². The molecule has 0 saturated heterocycles. The molecule has 0 saturated carbocycles. The lowest BCUT2D eigenvalue weighted by Gasteiger charge is -2.33. The molecule has 2 aromatic rings. The van der Waals surface area contributed by atoms with Gasteiger partial charge < -0.3 is 15.4 Å². The van der Waals surface area contributed by atoms with Gasteiger partial charge in [-0.05, 0) is 82.9 Å². The van der Waals surface area contributed by atoms with Crippen LogP contribution in [0.5, 0.6) is 0 Å². The first-order chi connectivity index (χ1) is 14.3. The fraction of sp³-hybridized carbons (Fsp3) is 0.417. The van der Waals surface area contributed by atoms with Gasteiger partial charge in [-0.1, -0.05) is 24.3 Å². The highest BCUT2D eigenvalue weighted by molar-refractivity contribution is 5.85. The lowest BCUT2D eigenvalue weighted by molar-refractivity contribution is -0.124. The molecule has 0 aromatic heterocycles. The number of carbonyl (C=O) groups excluding carboxylic acids is 2. The van der Waals surface area contributed by atoms with E-state index in [0.29, 0.717) is 12.8 Å². The van der Waals surface area contributed by atoms with E-state index >= 15 is 0 Å². The van der Waals surface area contributed by atoms with Gasteiger partial charge in [0.1, 0.15) is 23.3 Å². The first kappa shape index (κ1) is 24.3. The van der Waals surface area contributed by atoms with Crippen molar-refractivity contribution in [2.24, 2.45) is 0 Å². The molecule has 2 aromatic carbocycles. The summed E-state index contributed by atoms with van der Waals surface area (Å²) in [6.07, 6.45) is 0.138. The maximum atomic E-state index is 13.3. The molecule has 0 aliphatic heterocycles. The van der Waals surface area contributed by atoms with Gasteiger partial charge in [0.2, 0.25) is 5.91 Å². The van der Waals surface area contributed by atoms with E-state index in [-0.39, 0.29) is 11.6 Å². The molecule has 2 amide bonds. The Hall–Kier alpha value is -2.96. The number of halogens is 2. The van der Waals surface area contributed by atoms with Crippen molar-refractivity contribution in [3.05, 3.63) is 71.3 Å². The third kappa shape index (κ3) is 8.36. The summed E-state index contributed by atoms with van der Waals surface area (Å²) in [6, 6.07) is 11.3. The fourth-order valence-electron chi connectivity index (χ4n) is 3.21. The van der Waals surface area contributed by atoms with Gasteiger partial charge in [0.15, 0.2) is 0 Å². The Labute approximate surface area is 182 Å². The van der Waals surface area contributed by atoms with Gasteiger partial charge >= 0.3 is 6.09 Å². The standard InChI is InChI=1S/C24H30F2N2O3/c1-16(27-22(30)31-23(2,3)4)21(29)28-24(5,14-17-6-10-19(25)11-7-17)15-18-8-12-20(26)13-9-18/h6-13,16H,14-15H2,1-5H3,(H,27,30)(H,28,29)/t16-/m1/s1. The van der Waals surface area contributed by atoms with Crippen molar-refractivity contribution in [3.8, 4) is 0 Å². The van der Waals surface area contributed by atoms with E-state index < -0.39 is 29.2 Å². The van der Waals surface area contributed by atoms with Gasteiger partial charge in [0.25, 0.3) is 0 Å². The summed E-state index contributed by atoms with van der Waals surface area (Å²) >= 11 is 0. The summed E-state index contributed by atoms with van der Waals surface area (Å²) in [6.45, 7) is 8.63.